The zero-order chi connectivity index (χ0) is 9.19. The fraction of sp³-hybridized carbons (Fsp3) is 1.00. The van der Waals surface area contributed by atoms with Gasteiger partial charge in [0.25, 0.3) is 0 Å². The lowest BCUT2D eigenvalue weighted by atomic mass is 9.88. The van der Waals surface area contributed by atoms with Crippen LogP contribution in [0.15, 0.2) is 0 Å². The van der Waals surface area contributed by atoms with Gasteiger partial charge in [-0.3, -0.25) is 0 Å². The van der Waals surface area contributed by atoms with Crippen molar-refractivity contribution >= 4 is 11.6 Å². The van der Waals surface area contributed by atoms with Crippen molar-refractivity contribution in [1.82, 2.24) is 0 Å². The van der Waals surface area contributed by atoms with Crippen LogP contribution in [0.25, 0.3) is 0 Å². The van der Waals surface area contributed by atoms with Gasteiger partial charge in [0.1, 0.15) is 0 Å². The summed E-state index contributed by atoms with van der Waals surface area (Å²) in [6.07, 6.45) is 5.38. The van der Waals surface area contributed by atoms with E-state index in [1.807, 2.05) is 0 Å². The van der Waals surface area contributed by atoms with Crippen molar-refractivity contribution < 1.29 is 0 Å². The number of alkyl halides is 1. The van der Waals surface area contributed by atoms with Crippen molar-refractivity contribution in [2.75, 3.05) is 5.88 Å². The third-order valence-electron chi connectivity index (χ3n) is 3.71. The van der Waals surface area contributed by atoms with Gasteiger partial charge in [-0.2, -0.15) is 0 Å². The Balaban J connectivity index is 2.38. The zero-order valence-corrected chi connectivity index (χ0v) is 9.32. The monoisotopic (exact) mass is 188 g/mol. The molecule has 0 aromatic carbocycles. The molecule has 72 valence electrons. The molecule has 0 N–H and O–H groups in total. The van der Waals surface area contributed by atoms with E-state index in [4.69, 9.17) is 11.6 Å². The normalized spacial score (nSPS) is 34.2. The van der Waals surface area contributed by atoms with Crippen LogP contribution in [0, 0.1) is 17.3 Å². The first-order chi connectivity index (χ1) is 5.68. The highest BCUT2D eigenvalue weighted by Gasteiger charge is 2.50. The van der Waals surface area contributed by atoms with Crippen LogP contribution in [0.4, 0.5) is 0 Å². The lowest BCUT2D eigenvalue weighted by Gasteiger charge is -2.19. The van der Waals surface area contributed by atoms with Crippen molar-refractivity contribution in [3.63, 3.8) is 0 Å². The fourth-order valence-electron chi connectivity index (χ4n) is 2.23. The first-order valence-corrected chi connectivity index (χ1v) is 5.78. The first kappa shape index (κ1) is 10.4. The van der Waals surface area contributed by atoms with E-state index in [1.54, 1.807) is 0 Å². The highest BCUT2D eigenvalue weighted by atomic mass is 35.5. The largest absolute Gasteiger partial charge is 0.126 e. The Kier molecular flexibility index (Phi) is 3.46. The minimum Gasteiger partial charge on any atom is -0.126 e. The number of hydrogen-bond donors (Lipinski definition) is 0. The Morgan fingerprint density at radius 2 is 1.92 bits per heavy atom. The van der Waals surface area contributed by atoms with Gasteiger partial charge < -0.3 is 0 Å². The third kappa shape index (κ3) is 1.96. The van der Waals surface area contributed by atoms with Crippen LogP contribution in [-0.4, -0.2) is 5.88 Å². The maximum absolute atomic E-state index is 6.01. The van der Waals surface area contributed by atoms with Gasteiger partial charge in [0, 0.05) is 5.88 Å². The second-order valence-electron chi connectivity index (χ2n) is 4.49. The molecule has 0 aromatic heterocycles. The summed E-state index contributed by atoms with van der Waals surface area (Å²) in [6, 6.07) is 0. The van der Waals surface area contributed by atoms with Gasteiger partial charge in [-0.05, 0) is 30.1 Å². The Bertz CT molecular complexity index is 136. The summed E-state index contributed by atoms with van der Waals surface area (Å²) in [5, 5.41) is 0. The minimum absolute atomic E-state index is 0.540. The Morgan fingerprint density at radius 1 is 1.42 bits per heavy atom. The molecule has 1 aliphatic rings. The lowest BCUT2D eigenvalue weighted by molar-refractivity contribution is 0.342. The fourth-order valence-corrected chi connectivity index (χ4v) is 2.71. The van der Waals surface area contributed by atoms with Crippen molar-refractivity contribution in [3.05, 3.63) is 0 Å². The van der Waals surface area contributed by atoms with Gasteiger partial charge in [0.05, 0.1) is 0 Å². The quantitative estimate of drug-likeness (QED) is 0.571. The maximum atomic E-state index is 6.01. The van der Waals surface area contributed by atoms with E-state index in [0.29, 0.717) is 5.41 Å². The third-order valence-corrected chi connectivity index (χ3v) is 4.25. The Morgan fingerprint density at radius 3 is 2.17 bits per heavy atom. The van der Waals surface area contributed by atoms with Gasteiger partial charge in [0.15, 0.2) is 0 Å². The molecule has 0 spiro atoms. The van der Waals surface area contributed by atoms with Crippen LogP contribution in [-0.2, 0) is 0 Å². The standard InChI is InChI=1S/C11H21Cl/c1-4-10(5-2)7-11(8-12)6-9(11)3/h9-10H,4-8H2,1-3H3. The van der Waals surface area contributed by atoms with Crippen molar-refractivity contribution in [3.8, 4) is 0 Å². The number of halogens is 1. The molecule has 0 radical (unpaired) electrons. The van der Waals surface area contributed by atoms with Gasteiger partial charge >= 0.3 is 0 Å². The van der Waals surface area contributed by atoms with E-state index in [0.717, 1.165) is 17.7 Å². The van der Waals surface area contributed by atoms with E-state index in [2.05, 4.69) is 20.8 Å². The summed E-state index contributed by atoms with van der Waals surface area (Å²) in [5.74, 6) is 2.68. The molecular formula is C11H21Cl. The molecule has 12 heavy (non-hydrogen) atoms. The topological polar surface area (TPSA) is 0 Å². The molecule has 2 atom stereocenters. The van der Waals surface area contributed by atoms with Gasteiger partial charge in [-0.1, -0.05) is 33.6 Å². The van der Waals surface area contributed by atoms with E-state index >= 15 is 0 Å². The summed E-state index contributed by atoms with van der Waals surface area (Å²) < 4.78 is 0. The molecule has 1 saturated carbocycles. The van der Waals surface area contributed by atoms with Crippen LogP contribution >= 0.6 is 11.6 Å². The van der Waals surface area contributed by atoms with Crippen LogP contribution in [0.5, 0.6) is 0 Å². The molecule has 2 unspecified atom stereocenters. The highest BCUT2D eigenvalue weighted by Crippen LogP contribution is 2.57. The van der Waals surface area contributed by atoms with Gasteiger partial charge in [-0.25, -0.2) is 0 Å². The van der Waals surface area contributed by atoms with Crippen LogP contribution in [0.2, 0.25) is 0 Å². The molecule has 0 aliphatic heterocycles. The summed E-state index contributed by atoms with van der Waals surface area (Å²) in [7, 11) is 0. The van der Waals surface area contributed by atoms with E-state index < -0.39 is 0 Å². The molecule has 0 amide bonds. The lowest BCUT2D eigenvalue weighted by Crippen LogP contribution is -2.12. The SMILES string of the molecule is CCC(CC)CC1(CCl)CC1C. The maximum Gasteiger partial charge on any atom is 0.0282 e. The Labute approximate surface area is 81.7 Å². The molecule has 1 aliphatic carbocycles. The minimum atomic E-state index is 0.540. The van der Waals surface area contributed by atoms with E-state index in [1.165, 1.54) is 25.7 Å². The van der Waals surface area contributed by atoms with Crippen LogP contribution in [0.3, 0.4) is 0 Å². The molecule has 0 aromatic rings. The molecule has 1 fully saturated rings. The van der Waals surface area contributed by atoms with E-state index in [-0.39, 0.29) is 0 Å². The van der Waals surface area contributed by atoms with Gasteiger partial charge in [-0.15, -0.1) is 11.6 Å². The van der Waals surface area contributed by atoms with Crippen LogP contribution < -0.4 is 0 Å². The molecule has 0 nitrogen and oxygen atoms in total. The van der Waals surface area contributed by atoms with Crippen molar-refractivity contribution in [1.29, 1.82) is 0 Å². The van der Waals surface area contributed by atoms with Crippen molar-refractivity contribution in [2.45, 2.75) is 46.5 Å². The zero-order valence-electron chi connectivity index (χ0n) is 8.57. The van der Waals surface area contributed by atoms with Crippen LogP contribution in [0.1, 0.15) is 46.5 Å². The number of hydrogen-bond acceptors (Lipinski definition) is 0. The molecule has 1 heteroatoms. The summed E-state index contributed by atoms with van der Waals surface area (Å²) in [4.78, 5) is 0. The van der Waals surface area contributed by atoms with E-state index in [9.17, 15) is 0 Å². The Hall–Kier alpha value is 0.290. The summed E-state index contributed by atoms with van der Waals surface area (Å²) in [6.45, 7) is 6.93. The molecular weight excluding hydrogens is 168 g/mol. The summed E-state index contributed by atoms with van der Waals surface area (Å²) in [5.41, 5.74) is 0.540. The molecule has 0 saturated heterocycles. The van der Waals surface area contributed by atoms with Crippen molar-refractivity contribution in [2.24, 2.45) is 17.3 Å². The molecule has 1 rings (SSSR count). The molecule has 0 heterocycles. The highest BCUT2D eigenvalue weighted by molar-refractivity contribution is 6.18. The second kappa shape index (κ2) is 4.00. The van der Waals surface area contributed by atoms with Gasteiger partial charge in [0.2, 0.25) is 0 Å². The summed E-state index contributed by atoms with van der Waals surface area (Å²) >= 11 is 6.01. The average molecular weight is 189 g/mol. The first-order valence-electron chi connectivity index (χ1n) is 5.24. The second-order valence-corrected chi connectivity index (χ2v) is 4.76. The number of rotatable bonds is 5. The molecule has 0 bridgehead atoms. The predicted octanol–water partition coefficient (Wildman–Crippen LogP) is 4.08. The smallest absolute Gasteiger partial charge is 0.0282 e. The predicted molar refractivity (Wildman–Crippen MR) is 55.6 cm³/mol. The average Bonchev–Trinajstić information content (AvgIpc) is 2.73.